The Hall–Kier alpha value is -2.07. The Bertz CT molecular complexity index is 629. The molecular weight excluding hydrogens is 286 g/mol. The van der Waals surface area contributed by atoms with Crippen LogP contribution in [0.25, 0.3) is 0 Å². The van der Waals surface area contributed by atoms with Gasteiger partial charge >= 0.3 is 0 Å². The van der Waals surface area contributed by atoms with Gasteiger partial charge in [-0.05, 0) is 32.0 Å². The lowest BCUT2D eigenvalue weighted by Crippen LogP contribution is -2.37. The third-order valence-corrected chi connectivity index (χ3v) is 3.30. The highest BCUT2D eigenvalue weighted by Gasteiger charge is 2.24. The van der Waals surface area contributed by atoms with Crippen molar-refractivity contribution in [3.8, 4) is 0 Å². The van der Waals surface area contributed by atoms with E-state index in [-0.39, 0.29) is 11.9 Å². The van der Waals surface area contributed by atoms with E-state index in [0.29, 0.717) is 16.4 Å². The number of carbonyl (C=O) groups is 1. The minimum Gasteiger partial charge on any atom is -0.386 e. The molecule has 0 aliphatic heterocycles. The maximum atomic E-state index is 12.9. The molecule has 0 fully saturated rings. The highest BCUT2D eigenvalue weighted by molar-refractivity contribution is 6.31. The van der Waals surface area contributed by atoms with Crippen molar-refractivity contribution in [2.45, 2.75) is 19.9 Å². The van der Waals surface area contributed by atoms with Crippen LogP contribution in [0.2, 0.25) is 5.02 Å². The van der Waals surface area contributed by atoms with Gasteiger partial charge in [0.2, 0.25) is 0 Å². The van der Waals surface area contributed by atoms with Crippen molar-refractivity contribution in [1.82, 2.24) is 4.98 Å². The van der Waals surface area contributed by atoms with Gasteiger partial charge in [-0.3, -0.25) is 4.79 Å². The van der Waals surface area contributed by atoms with Gasteiger partial charge in [-0.15, -0.1) is 0 Å². The van der Waals surface area contributed by atoms with E-state index in [4.69, 9.17) is 11.6 Å². The molecule has 0 saturated carbocycles. The number of nitrogens with zero attached hydrogens (tertiary/aromatic N) is 2. The van der Waals surface area contributed by atoms with Crippen LogP contribution in [0.5, 0.6) is 0 Å². The standard InChI is InChI=1S/C16H18ClN3O/c1-11(2)20(13-7-5-4-6-8-13)16(21)15-14(18-3)9-12(17)10-19-15/h4-11,18H,1-3H3. The van der Waals surface area contributed by atoms with Crippen molar-refractivity contribution in [3.05, 3.63) is 53.3 Å². The smallest absolute Gasteiger partial charge is 0.279 e. The molecule has 1 amide bonds. The zero-order valence-electron chi connectivity index (χ0n) is 12.3. The van der Waals surface area contributed by atoms with Crippen molar-refractivity contribution >= 4 is 28.9 Å². The second-order valence-electron chi connectivity index (χ2n) is 4.90. The summed E-state index contributed by atoms with van der Waals surface area (Å²) in [5.74, 6) is -0.155. The zero-order valence-corrected chi connectivity index (χ0v) is 13.1. The topological polar surface area (TPSA) is 45.2 Å². The van der Waals surface area contributed by atoms with Crippen LogP contribution in [0.4, 0.5) is 11.4 Å². The van der Waals surface area contributed by atoms with Gasteiger partial charge in [-0.25, -0.2) is 4.98 Å². The quantitative estimate of drug-likeness (QED) is 0.933. The monoisotopic (exact) mass is 303 g/mol. The van der Waals surface area contributed by atoms with Crippen molar-refractivity contribution < 1.29 is 4.79 Å². The average Bonchev–Trinajstić information content (AvgIpc) is 2.47. The van der Waals surface area contributed by atoms with E-state index in [2.05, 4.69) is 10.3 Å². The first-order valence-corrected chi connectivity index (χ1v) is 7.14. The number of para-hydroxylation sites is 1. The second-order valence-corrected chi connectivity index (χ2v) is 5.34. The number of carbonyl (C=O) groups excluding carboxylic acids is 1. The minimum atomic E-state index is -0.155. The summed E-state index contributed by atoms with van der Waals surface area (Å²) < 4.78 is 0. The maximum absolute atomic E-state index is 12.9. The number of benzene rings is 1. The van der Waals surface area contributed by atoms with Crippen LogP contribution in [0.1, 0.15) is 24.3 Å². The highest BCUT2D eigenvalue weighted by atomic mass is 35.5. The van der Waals surface area contributed by atoms with Crippen molar-refractivity contribution in [1.29, 1.82) is 0 Å². The van der Waals surface area contributed by atoms with Crippen LogP contribution in [0.15, 0.2) is 42.6 Å². The molecule has 2 rings (SSSR count). The van der Waals surface area contributed by atoms with Crippen molar-refractivity contribution in [3.63, 3.8) is 0 Å². The molecule has 0 bridgehead atoms. The van der Waals surface area contributed by atoms with Crippen molar-refractivity contribution in [2.75, 3.05) is 17.3 Å². The van der Waals surface area contributed by atoms with Gasteiger partial charge in [-0.2, -0.15) is 0 Å². The normalized spacial score (nSPS) is 10.5. The summed E-state index contributed by atoms with van der Waals surface area (Å²) in [6.45, 7) is 3.94. The molecule has 1 heterocycles. The lowest BCUT2D eigenvalue weighted by atomic mass is 10.2. The number of hydrogen-bond donors (Lipinski definition) is 1. The third-order valence-electron chi connectivity index (χ3n) is 3.10. The molecule has 0 atom stereocenters. The van der Waals surface area contributed by atoms with Crippen LogP contribution in [0.3, 0.4) is 0 Å². The van der Waals surface area contributed by atoms with E-state index in [1.54, 1.807) is 18.0 Å². The fraction of sp³-hybridized carbons (Fsp3) is 0.250. The molecule has 0 unspecified atom stereocenters. The molecular formula is C16H18ClN3O. The van der Waals surface area contributed by atoms with Gasteiger partial charge in [0.15, 0.2) is 5.69 Å². The Morgan fingerprint density at radius 2 is 1.95 bits per heavy atom. The van der Waals surface area contributed by atoms with Gasteiger partial charge in [0.05, 0.1) is 10.7 Å². The number of halogens is 1. The first-order valence-electron chi connectivity index (χ1n) is 6.76. The lowest BCUT2D eigenvalue weighted by molar-refractivity contribution is 0.0976. The Kier molecular flexibility index (Phi) is 4.81. The molecule has 5 heteroatoms. The van der Waals surface area contributed by atoms with Crippen LogP contribution < -0.4 is 10.2 Å². The minimum absolute atomic E-state index is 0.0158. The van der Waals surface area contributed by atoms with E-state index in [1.165, 1.54) is 6.20 Å². The van der Waals surface area contributed by atoms with Gasteiger partial charge in [-0.1, -0.05) is 29.8 Å². The molecule has 2 aromatic rings. The summed E-state index contributed by atoms with van der Waals surface area (Å²) in [5, 5.41) is 3.46. The van der Waals surface area contributed by atoms with Gasteiger partial charge in [0.25, 0.3) is 5.91 Å². The summed E-state index contributed by atoms with van der Waals surface area (Å²) in [7, 11) is 1.74. The molecule has 0 radical (unpaired) electrons. The van der Waals surface area contributed by atoms with Crippen LogP contribution >= 0.6 is 11.6 Å². The van der Waals surface area contributed by atoms with E-state index in [1.807, 2.05) is 44.2 Å². The summed E-state index contributed by atoms with van der Waals surface area (Å²) in [6, 6.07) is 11.3. The number of aromatic nitrogens is 1. The van der Waals surface area contributed by atoms with Gasteiger partial charge in [0, 0.05) is 25.0 Å². The Morgan fingerprint density at radius 1 is 1.29 bits per heavy atom. The first kappa shape index (κ1) is 15.3. The molecule has 110 valence electrons. The number of anilines is 2. The zero-order chi connectivity index (χ0) is 15.4. The molecule has 4 nitrogen and oxygen atoms in total. The molecule has 1 aromatic heterocycles. The summed E-state index contributed by atoms with van der Waals surface area (Å²) >= 11 is 5.93. The predicted molar refractivity (Wildman–Crippen MR) is 87.2 cm³/mol. The molecule has 0 aliphatic carbocycles. The molecule has 0 saturated heterocycles. The van der Waals surface area contributed by atoms with Crippen molar-refractivity contribution in [2.24, 2.45) is 0 Å². The van der Waals surface area contributed by atoms with Gasteiger partial charge < -0.3 is 10.2 Å². The molecule has 1 aromatic carbocycles. The highest BCUT2D eigenvalue weighted by Crippen LogP contribution is 2.24. The fourth-order valence-electron chi connectivity index (χ4n) is 2.15. The summed E-state index contributed by atoms with van der Waals surface area (Å²) in [6.07, 6.45) is 1.49. The second kappa shape index (κ2) is 6.59. The number of nitrogens with one attached hydrogen (secondary N) is 1. The first-order chi connectivity index (χ1) is 10.0. The fourth-order valence-corrected chi connectivity index (χ4v) is 2.31. The predicted octanol–water partition coefficient (Wildman–Crippen LogP) is 3.83. The van der Waals surface area contributed by atoms with E-state index in [9.17, 15) is 4.79 Å². The molecule has 1 N–H and O–H groups in total. The number of amides is 1. The lowest BCUT2D eigenvalue weighted by Gasteiger charge is -2.27. The molecule has 21 heavy (non-hydrogen) atoms. The van der Waals surface area contributed by atoms with Crippen LogP contribution in [0, 0.1) is 0 Å². The largest absolute Gasteiger partial charge is 0.386 e. The van der Waals surface area contributed by atoms with Crippen LogP contribution in [-0.4, -0.2) is 24.0 Å². The van der Waals surface area contributed by atoms with E-state index >= 15 is 0 Å². The van der Waals surface area contributed by atoms with Crippen LogP contribution in [-0.2, 0) is 0 Å². The summed E-state index contributed by atoms with van der Waals surface area (Å²) in [5.41, 5.74) is 1.82. The number of pyridine rings is 1. The Balaban J connectivity index is 2.45. The molecule has 0 spiro atoms. The Morgan fingerprint density at radius 3 is 2.52 bits per heavy atom. The number of hydrogen-bond acceptors (Lipinski definition) is 3. The number of rotatable bonds is 4. The SMILES string of the molecule is CNc1cc(Cl)cnc1C(=O)N(c1ccccc1)C(C)C. The Labute approximate surface area is 129 Å². The third kappa shape index (κ3) is 3.34. The van der Waals surface area contributed by atoms with E-state index < -0.39 is 0 Å². The summed E-state index contributed by atoms with van der Waals surface area (Å²) in [4.78, 5) is 18.8. The maximum Gasteiger partial charge on any atom is 0.279 e. The molecule has 0 aliphatic rings. The van der Waals surface area contributed by atoms with E-state index in [0.717, 1.165) is 5.69 Å². The van der Waals surface area contributed by atoms with Gasteiger partial charge in [0.1, 0.15) is 0 Å². The average molecular weight is 304 g/mol.